The third-order valence-corrected chi connectivity index (χ3v) is 8.14. The van der Waals surface area contributed by atoms with Crippen LogP contribution in [-0.2, 0) is 19.1 Å². The molecular weight excluding hydrogens is 376 g/mol. The highest BCUT2D eigenvalue weighted by Crippen LogP contribution is 2.66. The lowest BCUT2D eigenvalue weighted by molar-refractivity contribution is -0.148. The van der Waals surface area contributed by atoms with Crippen molar-refractivity contribution in [2.24, 2.45) is 23.7 Å². The van der Waals surface area contributed by atoms with Gasteiger partial charge in [-0.05, 0) is 27.8 Å². The Hall–Kier alpha value is -2.82. The van der Waals surface area contributed by atoms with Crippen LogP contribution in [0.3, 0.4) is 0 Å². The van der Waals surface area contributed by atoms with Gasteiger partial charge in [-0.2, -0.15) is 0 Å². The summed E-state index contributed by atoms with van der Waals surface area (Å²) in [4.78, 5) is 27.4. The number of benzene rings is 2. The van der Waals surface area contributed by atoms with Gasteiger partial charge in [0.15, 0.2) is 11.6 Å². The maximum Gasteiger partial charge on any atom is 0.166 e. The monoisotopic (exact) mass is 394 g/mol. The Morgan fingerprint density at radius 2 is 1.23 bits per heavy atom. The molecule has 2 aromatic rings. The van der Waals surface area contributed by atoms with Gasteiger partial charge in [-0.1, -0.05) is 60.7 Å². The van der Waals surface area contributed by atoms with Crippen molar-refractivity contribution in [3.8, 4) is 0 Å². The summed E-state index contributed by atoms with van der Waals surface area (Å²) < 4.78 is 12.7. The van der Waals surface area contributed by atoms with Crippen molar-refractivity contribution < 1.29 is 19.1 Å². The molecule has 6 bridgehead atoms. The maximum absolute atomic E-state index is 13.8. The van der Waals surface area contributed by atoms with E-state index in [0.717, 1.165) is 22.3 Å². The number of fused-ring (bicyclic) bond motifs is 19. The number of carbonyl (C=O) groups is 2. The van der Waals surface area contributed by atoms with Crippen LogP contribution in [0, 0.1) is 23.7 Å². The molecule has 4 nitrogen and oxygen atoms in total. The van der Waals surface area contributed by atoms with Crippen molar-refractivity contribution in [3.63, 3.8) is 0 Å². The molecule has 146 valence electrons. The summed E-state index contributed by atoms with van der Waals surface area (Å²) >= 11 is 0. The molecule has 4 aliphatic heterocycles. The third-order valence-electron chi connectivity index (χ3n) is 8.14. The van der Waals surface area contributed by atoms with E-state index in [2.05, 4.69) is 30.3 Å². The second kappa shape index (κ2) is 5.08. The molecule has 0 spiro atoms. The first-order chi connectivity index (χ1) is 14.7. The molecule has 2 fully saturated rings. The van der Waals surface area contributed by atoms with E-state index in [9.17, 15) is 9.59 Å². The summed E-state index contributed by atoms with van der Waals surface area (Å²) in [5.74, 6) is -0.846. The van der Waals surface area contributed by atoms with Crippen LogP contribution >= 0.6 is 0 Å². The van der Waals surface area contributed by atoms with Crippen LogP contribution in [-0.4, -0.2) is 11.6 Å². The van der Waals surface area contributed by atoms with Crippen LogP contribution in [0.4, 0.5) is 0 Å². The number of ether oxygens (including phenoxy) is 2. The Balaban J connectivity index is 1.33. The first kappa shape index (κ1) is 15.9. The molecular formula is C26H18O4. The van der Waals surface area contributed by atoms with Gasteiger partial charge >= 0.3 is 0 Å². The molecule has 2 aliphatic carbocycles. The number of Topliss-reactive ketones (excluding diaryl/α,β-unsaturated/α-hetero) is 2. The highest BCUT2D eigenvalue weighted by molar-refractivity contribution is 6.09. The van der Waals surface area contributed by atoms with Crippen molar-refractivity contribution in [3.05, 3.63) is 94.1 Å². The van der Waals surface area contributed by atoms with Gasteiger partial charge in [-0.15, -0.1) is 0 Å². The van der Waals surface area contributed by atoms with E-state index in [1.807, 2.05) is 30.3 Å². The predicted molar refractivity (Wildman–Crippen MR) is 106 cm³/mol. The molecule has 0 unspecified atom stereocenters. The zero-order valence-electron chi connectivity index (χ0n) is 16.0. The third kappa shape index (κ3) is 1.59. The van der Waals surface area contributed by atoms with Crippen LogP contribution in [0.25, 0.3) is 0 Å². The van der Waals surface area contributed by atoms with E-state index in [1.165, 1.54) is 5.56 Å². The van der Waals surface area contributed by atoms with Crippen molar-refractivity contribution in [1.29, 1.82) is 0 Å². The van der Waals surface area contributed by atoms with Gasteiger partial charge in [0.05, 0.1) is 42.2 Å². The Morgan fingerprint density at radius 3 is 1.93 bits per heavy atom. The van der Waals surface area contributed by atoms with Crippen LogP contribution in [0.15, 0.2) is 71.8 Å². The Kier molecular flexibility index (Phi) is 2.70. The van der Waals surface area contributed by atoms with Gasteiger partial charge in [0, 0.05) is 11.5 Å². The predicted octanol–water partition coefficient (Wildman–Crippen LogP) is 4.12. The average molecular weight is 394 g/mol. The first-order valence-corrected chi connectivity index (χ1v) is 10.7. The molecule has 6 aliphatic rings. The van der Waals surface area contributed by atoms with Crippen LogP contribution < -0.4 is 0 Å². The number of hydrogen-bond acceptors (Lipinski definition) is 4. The van der Waals surface area contributed by atoms with Crippen molar-refractivity contribution in [1.82, 2.24) is 0 Å². The molecule has 0 N–H and O–H groups in total. The minimum atomic E-state index is -0.513. The van der Waals surface area contributed by atoms with E-state index in [1.54, 1.807) is 0 Å². The van der Waals surface area contributed by atoms with E-state index in [0.29, 0.717) is 5.57 Å². The highest BCUT2D eigenvalue weighted by atomic mass is 16.5. The largest absolute Gasteiger partial charge is 0.364 e. The average Bonchev–Trinajstić information content (AvgIpc) is 3.48. The lowest BCUT2D eigenvalue weighted by Gasteiger charge is -2.33. The normalized spacial score (nSPS) is 40.9. The van der Waals surface area contributed by atoms with E-state index >= 15 is 0 Å². The summed E-state index contributed by atoms with van der Waals surface area (Å²) in [7, 11) is 0. The van der Waals surface area contributed by atoms with Gasteiger partial charge in [-0.3, -0.25) is 9.59 Å². The van der Waals surface area contributed by atoms with Crippen molar-refractivity contribution >= 4 is 11.6 Å². The van der Waals surface area contributed by atoms with Crippen molar-refractivity contribution in [2.45, 2.75) is 24.4 Å². The smallest absolute Gasteiger partial charge is 0.166 e. The Bertz CT molecular complexity index is 1250. The van der Waals surface area contributed by atoms with Crippen LogP contribution in [0.2, 0.25) is 0 Å². The summed E-state index contributed by atoms with van der Waals surface area (Å²) in [6.45, 7) is 0. The van der Waals surface area contributed by atoms with Gasteiger partial charge in [0.1, 0.15) is 0 Å². The van der Waals surface area contributed by atoms with E-state index < -0.39 is 5.92 Å². The number of hydrogen-bond donors (Lipinski definition) is 0. The summed E-state index contributed by atoms with van der Waals surface area (Å²) in [5.41, 5.74) is 6.20. The number of ketones is 2. The zero-order valence-corrected chi connectivity index (χ0v) is 16.0. The Labute approximate surface area is 173 Å². The first-order valence-electron chi connectivity index (χ1n) is 10.7. The molecule has 0 aromatic heterocycles. The summed E-state index contributed by atoms with van der Waals surface area (Å²) in [6.07, 6.45) is 3.14. The van der Waals surface area contributed by atoms with Gasteiger partial charge in [0.2, 0.25) is 0 Å². The molecule has 4 heterocycles. The fraction of sp³-hybridized carbons (Fsp3) is 0.308. The van der Waals surface area contributed by atoms with Crippen LogP contribution in [0.5, 0.6) is 0 Å². The van der Waals surface area contributed by atoms with Gasteiger partial charge in [0.25, 0.3) is 0 Å². The number of carbonyl (C=O) groups excluding carboxylic acids is 2. The Morgan fingerprint density at radius 1 is 0.667 bits per heavy atom. The van der Waals surface area contributed by atoms with Gasteiger partial charge < -0.3 is 9.47 Å². The molecule has 0 saturated carbocycles. The van der Waals surface area contributed by atoms with E-state index in [-0.39, 0.29) is 53.7 Å². The lowest BCUT2D eigenvalue weighted by atomic mass is 9.74. The lowest BCUT2D eigenvalue weighted by Crippen LogP contribution is -2.38. The van der Waals surface area contributed by atoms with Gasteiger partial charge in [-0.25, -0.2) is 0 Å². The quantitative estimate of drug-likeness (QED) is 0.675. The number of allylic oxidation sites excluding steroid dienone is 1. The molecule has 8 atom stereocenters. The second-order valence-electron chi connectivity index (χ2n) is 9.26. The molecule has 4 heteroatoms. The fourth-order valence-electron chi connectivity index (χ4n) is 7.03. The fourth-order valence-corrected chi connectivity index (χ4v) is 7.03. The van der Waals surface area contributed by atoms with E-state index in [4.69, 9.17) is 9.47 Å². The molecule has 0 radical (unpaired) electrons. The molecule has 2 aromatic carbocycles. The minimum Gasteiger partial charge on any atom is -0.364 e. The van der Waals surface area contributed by atoms with Crippen molar-refractivity contribution in [2.75, 3.05) is 0 Å². The standard InChI is InChI=1S/C26H18O4/c27-21-16-10-9-15-17(19(21)25-12-6-2-1-5-11(12)23(16)29-25)22(28)20-18(15)24-13-7-3-4-8-14(13)26(20)30-24/h1-10,16,18-20,23-26H/t16-,18-,19+,20-,23+,24-,25-,26+/m1/s1. The summed E-state index contributed by atoms with van der Waals surface area (Å²) in [6, 6.07) is 16.3. The van der Waals surface area contributed by atoms with Crippen LogP contribution in [0.1, 0.15) is 46.7 Å². The summed E-state index contributed by atoms with van der Waals surface area (Å²) in [5, 5.41) is 0. The second-order valence-corrected chi connectivity index (χ2v) is 9.26. The SMILES string of the molecule is O=C1C2=C(C=C[C@@H]3C(=O)[C@H]2[C@@H]2O[C@H]3c3ccccc32)[C@@H]2[C@H]1[C@H]1O[C@@H]2c2ccccc21. The molecule has 0 amide bonds. The molecule has 2 saturated heterocycles. The number of rotatable bonds is 0. The maximum atomic E-state index is 13.8. The highest BCUT2D eigenvalue weighted by Gasteiger charge is 2.64. The molecule has 8 rings (SSSR count). The zero-order chi connectivity index (χ0) is 19.7. The molecule has 30 heavy (non-hydrogen) atoms. The minimum absolute atomic E-state index is 0.00423. The topological polar surface area (TPSA) is 52.6 Å².